The van der Waals surface area contributed by atoms with Crippen LogP contribution in [0.25, 0.3) is 0 Å². The molecule has 2 aliphatic rings. The molecule has 1 aliphatic carbocycles. The van der Waals surface area contributed by atoms with Gasteiger partial charge >= 0.3 is 0 Å². The second-order valence-corrected chi connectivity index (χ2v) is 8.43. The van der Waals surface area contributed by atoms with E-state index in [1.807, 2.05) is 17.2 Å². The Bertz CT molecular complexity index is 762. The number of carbonyl (C=O) groups excluding carboxylic acids is 1. The first kappa shape index (κ1) is 19.1. The zero-order chi connectivity index (χ0) is 19.3. The van der Waals surface area contributed by atoms with Crippen molar-refractivity contribution in [2.45, 2.75) is 58.2 Å². The highest BCUT2D eigenvalue weighted by Gasteiger charge is 2.29. The van der Waals surface area contributed by atoms with E-state index in [-0.39, 0.29) is 5.91 Å². The van der Waals surface area contributed by atoms with Gasteiger partial charge in [0.05, 0.1) is 5.69 Å². The highest BCUT2D eigenvalue weighted by molar-refractivity contribution is 5.73. The molecule has 4 heteroatoms. The molecule has 2 heterocycles. The summed E-state index contributed by atoms with van der Waals surface area (Å²) in [5.74, 6) is 0.919. The van der Waals surface area contributed by atoms with Gasteiger partial charge in [-0.3, -0.25) is 14.7 Å². The lowest BCUT2D eigenvalue weighted by atomic mass is 9.90. The number of pyridine rings is 1. The zero-order valence-electron chi connectivity index (χ0n) is 16.9. The first-order valence-electron chi connectivity index (χ1n) is 10.6. The fraction of sp³-hybridized carbons (Fsp3) is 0.500. The fourth-order valence-corrected chi connectivity index (χ4v) is 4.25. The smallest absolute Gasteiger partial charge is 0.219 e. The first-order valence-corrected chi connectivity index (χ1v) is 10.6. The molecule has 2 aromatic rings. The molecule has 0 N–H and O–H groups in total. The first-order chi connectivity index (χ1) is 13.7. The fourth-order valence-electron chi connectivity index (χ4n) is 4.25. The van der Waals surface area contributed by atoms with Gasteiger partial charge in [-0.15, -0.1) is 0 Å². The van der Waals surface area contributed by atoms with Crippen LogP contribution in [-0.4, -0.2) is 39.8 Å². The van der Waals surface area contributed by atoms with Gasteiger partial charge in [0.2, 0.25) is 5.91 Å². The van der Waals surface area contributed by atoms with Gasteiger partial charge in [0.1, 0.15) is 0 Å². The van der Waals surface area contributed by atoms with Gasteiger partial charge in [-0.1, -0.05) is 30.3 Å². The van der Waals surface area contributed by atoms with E-state index in [0.717, 1.165) is 51.1 Å². The molecule has 1 aliphatic heterocycles. The van der Waals surface area contributed by atoms with Crippen LogP contribution in [0.2, 0.25) is 0 Å². The van der Waals surface area contributed by atoms with E-state index in [0.29, 0.717) is 12.0 Å². The van der Waals surface area contributed by atoms with Crippen molar-refractivity contribution in [1.29, 1.82) is 0 Å². The van der Waals surface area contributed by atoms with E-state index >= 15 is 0 Å². The number of benzene rings is 1. The monoisotopic (exact) mass is 377 g/mol. The molecule has 1 saturated carbocycles. The Morgan fingerprint density at radius 2 is 1.71 bits per heavy atom. The average molecular weight is 378 g/mol. The van der Waals surface area contributed by atoms with Crippen LogP contribution < -0.4 is 0 Å². The van der Waals surface area contributed by atoms with Crippen LogP contribution in [-0.2, 0) is 24.3 Å². The summed E-state index contributed by atoms with van der Waals surface area (Å²) < 4.78 is 0. The molecule has 0 unspecified atom stereocenters. The van der Waals surface area contributed by atoms with Crippen molar-refractivity contribution in [3.63, 3.8) is 0 Å². The van der Waals surface area contributed by atoms with Crippen molar-refractivity contribution < 1.29 is 4.79 Å². The Balaban J connectivity index is 1.31. The van der Waals surface area contributed by atoms with Gasteiger partial charge in [-0.05, 0) is 61.3 Å². The Kier molecular flexibility index (Phi) is 6.06. The molecule has 0 spiro atoms. The Hall–Kier alpha value is -2.20. The second-order valence-electron chi connectivity index (χ2n) is 8.43. The number of piperidine rings is 1. The van der Waals surface area contributed by atoms with Gasteiger partial charge in [0, 0.05) is 45.3 Å². The highest BCUT2D eigenvalue weighted by Crippen LogP contribution is 2.30. The summed E-state index contributed by atoms with van der Waals surface area (Å²) in [7, 11) is 0. The van der Waals surface area contributed by atoms with E-state index < -0.39 is 0 Å². The molecule has 4 rings (SSSR count). The number of aromatic nitrogens is 1. The lowest BCUT2D eigenvalue weighted by molar-refractivity contribution is -0.130. The predicted octanol–water partition coefficient (Wildman–Crippen LogP) is 4.05. The summed E-state index contributed by atoms with van der Waals surface area (Å²) in [5, 5.41) is 0. The number of hydrogen-bond acceptors (Lipinski definition) is 3. The largest absolute Gasteiger partial charge is 0.343 e. The number of rotatable bonds is 7. The SMILES string of the molecule is CC(=O)N1CCC(Cc2ccc(CN(Cc3ccccn3)C3CC3)cc2)CC1. The molecule has 0 radical (unpaired) electrons. The Morgan fingerprint density at radius 3 is 2.32 bits per heavy atom. The Morgan fingerprint density at radius 1 is 1.00 bits per heavy atom. The normalized spacial score (nSPS) is 17.9. The minimum atomic E-state index is 0.216. The molecule has 1 aromatic heterocycles. The van der Waals surface area contributed by atoms with Gasteiger partial charge < -0.3 is 4.90 Å². The summed E-state index contributed by atoms with van der Waals surface area (Å²) in [6.07, 6.45) is 7.89. The molecule has 1 aromatic carbocycles. The number of hydrogen-bond donors (Lipinski definition) is 0. The quantitative estimate of drug-likeness (QED) is 0.730. The van der Waals surface area contributed by atoms with Gasteiger partial charge in [-0.25, -0.2) is 0 Å². The molecule has 0 atom stereocenters. The summed E-state index contributed by atoms with van der Waals surface area (Å²) in [6, 6.07) is 16.1. The van der Waals surface area contributed by atoms with E-state index in [4.69, 9.17) is 0 Å². The summed E-state index contributed by atoms with van der Waals surface area (Å²) in [5.41, 5.74) is 3.97. The third-order valence-corrected chi connectivity index (χ3v) is 6.15. The molecule has 0 bridgehead atoms. The third kappa shape index (κ3) is 5.20. The molecule has 4 nitrogen and oxygen atoms in total. The van der Waals surface area contributed by atoms with E-state index in [1.165, 1.54) is 24.0 Å². The van der Waals surface area contributed by atoms with Crippen molar-refractivity contribution in [2.24, 2.45) is 5.92 Å². The minimum Gasteiger partial charge on any atom is -0.343 e. The molecular weight excluding hydrogens is 346 g/mol. The summed E-state index contributed by atoms with van der Waals surface area (Å²) in [6.45, 7) is 5.45. The van der Waals surface area contributed by atoms with E-state index in [2.05, 4.69) is 46.3 Å². The molecule has 1 amide bonds. The maximum absolute atomic E-state index is 11.5. The summed E-state index contributed by atoms with van der Waals surface area (Å²) in [4.78, 5) is 20.5. The second kappa shape index (κ2) is 8.87. The molecular formula is C24H31N3O. The zero-order valence-corrected chi connectivity index (χ0v) is 16.9. The average Bonchev–Trinajstić information content (AvgIpc) is 3.55. The van der Waals surface area contributed by atoms with Crippen LogP contribution in [0.1, 0.15) is 49.4 Å². The molecule has 28 heavy (non-hydrogen) atoms. The third-order valence-electron chi connectivity index (χ3n) is 6.15. The summed E-state index contributed by atoms with van der Waals surface area (Å²) >= 11 is 0. The van der Waals surface area contributed by atoms with Crippen molar-refractivity contribution in [3.8, 4) is 0 Å². The van der Waals surface area contributed by atoms with Crippen LogP contribution in [0.4, 0.5) is 0 Å². The number of amides is 1. The van der Waals surface area contributed by atoms with E-state index in [1.54, 1.807) is 6.92 Å². The van der Waals surface area contributed by atoms with Crippen LogP contribution >= 0.6 is 0 Å². The van der Waals surface area contributed by atoms with Crippen LogP contribution in [0.15, 0.2) is 48.7 Å². The number of carbonyl (C=O) groups is 1. The van der Waals surface area contributed by atoms with Crippen molar-refractivity contribution >= 4 is 5.91 Å². The van der Waals surface area contributed by atoms with Gasteiger partial charge in [0.25, 0.3) is 0 Å². The topological polar surface area (TPSA) is 36.4 Å². The molecule has 148 valence electrons. The maximum Gasteiger partial charge on any atom is 0.219 e. The van der Waals surface area contributed by atoms with Crippen molar-refractivity contribution in [3.05, 3.63) is 65.5 Å². The van der Waals surface area contributed by atoms with Crippen LogP contribution in [0, 0.1) is 5.92 Å². The lowest BCUT2D eigenvalue weighted by Crippen LogP contribution is -2.37. The molecule has 1 saturated heterocycles. The number of likely N-dealkylation sites (tertiary alicyclic amines) is 1. The highest BCUT2D eigenvalue weighted by atomic mass is 16.2. The Labute approximate surface area is 168 Å². The van der Waals surface area contributed by atoms with Gasteiger partial charge in [0.15, 0.2) is 0 Å². The lowest BCUT2D eigenvalue weighted by Gasteiger charge is -2.31. The van der Waals surface area contributed by atoms with Crippen molar-refractivity contribution in [1.82, 2.24) is 14.8 Å². The van der Waals surface area contributed by atoms with E-state index in [9.17, 15) is 4.79 Å². The van der Waals surface area contributed by atoms with Crippen molar-refractivity contribution in [2.75, 3.05) is 13.1 Å². The van der Waals surface area contributed by atoms with Crippen LogP contribution in [0.5, 0.6) is 0 Å². The standard InChI is InChI=1S/C24H31N3O/c1-19(28)26-14-11-21(12-15-26)16-20-5-7-22(8-6-20)17-27(24-9-10-24)18-23-4-2-3-13-25-23/h2-8,13,21,24H,9-12,14-18H2,1H3. The van der Waals surface area contributed by atoms with Gasteiger partial charge in [-0.2, -0.15) is 0 Å². The predicted molar refractivity (Wildman–Crippen MR) is 112 cm³/mol. The maximum atomic E-state index is 11.5. The minimum absolute atomic E-state index is 0.216. The number of nitrogens with zero attached hydrogens (tertiary/aromatic N) is 3. The van der Waals surface area contributed by atoms with Crippen LogP contribution in [0.3, 0.4) is 0 Å². The molecule has 2 fully saturated rings.